The quantitative estimate of drug-likeness (QED) is 0.877. The summed E-state index contributed by atoms with van der Waals surface area (Å²) in [6.07, 6.45) is 3.59. The molecule has 6 heteroatoms. The summed E-state index contributed by atoms with van der Waals surface area (Å²) in [7, 11) is 1.89. The molecule has 0 bridgehead atoms. The molecule has 16 heavy (non-hydrogen) atoms. The molecule has 2 aromatic heterocycles. The van der Waals surface area contributed by atoms with Crippen LogP contribution in [0.3, 0.4) is 0 Å². The maximum atomic E-state index is 12.9. The predicted molar refractivity (Wildman–Crippen MR) is 60.7 cm³/mol. The number of pyridine rings is 1. The Hall–Kier alpha value is -1.40. The van der Waals surface area contributed by atoms with Gasteiger partial charge in [0.25, 0.3) is 0 Å². The Balaban J connectivity index is 2.18. The van der Waals surface area contributed by atoms with Crippen LogP contribution in [0.1, 0.15) is 5.01 Å². The normalized spacial score (nSPS) is 10.6. The second-order valence-corrected chi connectivity index (χ2v) is 4.31. The molecule has 0 amide bonds. The number of halogens is 1. The number of nitrogens with zero attached hydrogens (tertiary/aromatic N) is 3. The first kappa shape index (κ1) is 11.1. The van der Waals surface area contributed by atoms with E-state index in [-0.39, 0.29) is 5.82 Å². The van der Waals surface area contributed by atoms with E-state index in [1.165, 1.54) is 23.6 Å². The van der Waals surface area contributed by atoms with Gasteiger partial charge in [0.1, 0.15) is 15.8 Å². The molecule has 0 fully saturated rings. The van der Waals surface area contributed by atoms with Crippen molar-refractivity contribution in [3.63, 3.8) is 0 Å². The van der Waals surface area contributed by atoms with E-state index in [9.17, 15) is 4.39 Å². The van der Waals surface area contributed by atoms with Crippen LogP contribution < -0.4 is 5.32 Å². The Morgan fingerprint density at radius 3 is 3.00 bits per heavy atom. The Kier molecular flexibility index (Phi) is 3.53. The molecule has 0 aliphatic carbocycles. The van der Waals surface area contributed by atoms with E-state index < -0.39 is 0 Å². The summed E-state index contributed by atoms with van der Waals surface area (Å²) in [6.45, 7) is 0.857. The maximum absolute atomic E-state index is 12.9. The molecule has 0 radical (unpaired) electrons. The summed E-state index contributed by atoms with van der Waals surface area (Å²) >= 11 is 1.47. The third kappa shape index (κ3) is 2.59. The molecule has 0 atom stereocenters. The van der Waals surface area contributed by atoms with Crippen molar-refractivity contribution in [1.29, 1.82) is 0 Å². The van der Waals surface area contributed by atoms with Gasteiger partial charge >= 0.3 is 0 Å². The van der Waals surface area contributed by atoms with E-state index in [4.69, 9.17) is 0 Å². The van der Waals surface area contributed by atoms with E-state index in [2.05, 4.69) is 20.5 Å². The van der Waals surface area contributed by atoms with Crippen LogP contribution in [0.5, 0.6) is 0 Å². The Labute approximate surface area is 96.6 Å². The van der Waals surface area contributed by atoms with Gasteiger partial charge in [-0.15, -0.1) is 10.2 Å². The first-order chi connectivity index (χ1) is 7.79. The molecule has 2 rings (SSSR count). The lowest BCUT2D eigenvalue weighted by atomic mass is 10.3. The number of rotatable bonds is 4. The number of hydrogen-bond donors (Lipinski definition) is 1. The monoisotopic (exact) mass is 238 g/mol. The minimum Gasteiger partial charge on any atom is -0.319 e. The van der Waals surface area contributed by atoms with Crippen molar-refractivity contribution in [2.75, 3.05) is 13.6 Å². The van der Waals surface area contributed by atoms with E-state index >= 15 is 0 Å². The fourth-order valence-electron chi connectivity index (χ4n) is 1.23. The van der Waals surface area contributed by atoms with E-state index in [0.717, 1.165) is 18.0 Å². The Morgan fingerprint density at radius 1 is 1.38 bits per heavy atom. The lowest BCUT2D eigenvalue weighted by Crippen LogP contribution is -2.09. The zero-order valence-electron chi connectivity index (χ0n) is 8.77. The number of hydrogen-bond acceptors (Lipinski definition) is 5. The van der Waals surface area contributed by atoms with Gasteiger partial charge in [0.05, 0.1) is 6.20 Å². The molecule has 0 aliphatic rings. The highest BCUT2D eigenvalue weighted by atomic mass is 32.1. The highest BCUT2D eigenvalue weighted by molar-refractivity contribution is 7.14. The first-order valence-corrected chi connectivity index (χ1v) is 5.69. The molecule has 4 nitrogen and oxygen atoms in total. The largest absolute Gasteiger partial charge is 0.319 e. The second kappa shape index (κ2) is 5.09. The van der Waals surface area contributed by atoms with Crippen molar-refractivity contribution < 1.29 is 4.39 Å². The number of aromatic nitrogens is 3. The first-order valence-electron chi connectivity index (χ1n) is 4.87. The van der Waals surface area contributed by atoms with E-state index in [0.29, 0.717) is 10.6 Å². The van der Waals surface area contributed by atoms with Gasteiger partial charge in [-0.1, -0.05) is 11.3 Å². The van der Waals surface area contributed by atoms with Crippen molar-refractivity contribution in [3.8, 4) is 10.6 Å². The average Bonchev–Trinajstić information content (AvgIpc) is 2.75. The Morgan fingerprint density at radius 2 is 2.25 bits per heavy atom. The van der Waals surface area contributed by atoms with Crippen LogP contribution in [-0.4, -0.2) is 28.8 Å². The highest BCUT2D eigenvalue weighted by Crippen LogP contribution is 2.23. The van der Waals surface area contributed by atoms with Gasteiger partial charge in [-0.25, -0.2) is 4.39 Å². The molecule has 2 aromatic rings. The SMILES string of the molecule is CNCCc1nnc(-c2cncc(F)c2)s1. The van der Waals surface area contributed by atoms with Gasteiger partial charge in [0.15, 0.2) is 0 Å². The fourth-order valence-corrected chi connectivity index (χ4v) is 2.05. The van der Waals surface area contributed by atoms with Gasteiger partial charge in [-0.2, -0.15) is 0 Å². The van der Waals surface area contributed by atoms with Crippen molar-refractivity contribution >= 4 is 11.3 Å². The predicted octanol–water partition coefficient (Wildman–Crippen LogP) is 1.50. The number of nitrogens with one attached hydrogen (secondary N) is 1. The van der Waals surface area contributed by atoms with Crippen LogP contribution in [0.15, 0.2) is 18.5 Å². The smallest absolute Gasteiger partial charge is 0.149 e. The third-order valence-corrected chi connectivity index (χ3v) is 3.04. The van der Waals surface area contributed by atoms with Gasteiger partial charge in [-0.3, -0.25) is 4.98 Å². The molecule has 0 saturated heterocycles. The fraction of sp³-hybridized carbons (Fsp3) is 0.300. The minimum absolute atomic E-state index is 0.357. The molecule has 84 valence electrons. The second-order valence-electron chi connectivity index (χ2n) is 3.25. The summed E-state index contributed by atoms with van der Waals surface area (Å²) in [5.41, 5.74) is 0.674. The van der Waals surface area contributed by atoms with Crippen LogP contribution in [0.4, 0.5) is 4.39 Å². The third-order valence-electron chi connectivity index (χ3n) is 2.01. The van der Waals surface area contributed by atoms with Gasteiger partial charge in [0.2, 0.25) is 0 Å². The van der Waals surface area contributed by atoms with E-state index in [1.807, 2.05) is 7.05 Å². The lowest BCUT2D eigenvalue weighted by Gasteiger charge is -1.94. The molecule has 0 aromatic carbocycles. The molecule has 2 heterocycles. The number of likely N-dealkylation sites (N-methyl/N-ethyl adjacent to an activating group) is 1. The molecular formula is C10H11FN4S. The van der Waals surface area contributed by atoms with Crippen molar-refractivity contribution in [1.82, 2.24) is 20.5 Å². The van der Waals surface area contributed by atoms with E-state index in [1.54, 1.807) is 6.20 Å². The molecule has 0 unspecified atom stereocenters. The summed E-state index contributed by atoms with van der Waals surface area (Å²) in [6, 6.07) is 1.41. The zero-order valence-corrected chi connectivity index (χ0v) is 9.59. The minimum atomic E-state index is -0.357. The van der Waals surface area contributed by atoms with Crippen molar-refractivity contribution in [2.24, 2.45) is 0 Å². The van der Waals surface area contributed by atoms with Gasteiger partial charge in [0, 0.05) is 24.7 Å². The summed E-state index contributed by atoms with van der Waals surface area (Å²) in [4.78, 5) is 3.78. The summed E-state index contributed by atoms with van der Waals surface area (Å²) < 4.78 is 12.9. The lowest BCUT2D eigenvalue weighted by molar-refractivity contribution is 0.622. The Bertz CT molecular complexity index is 471. The molecule has 0 saturated carbocycles. The van der Waals surface area contributed by atoms with Crippen molar-refractivity contribution in [2.45, 2.75) is 6.42 Å². The molecule has 0 aliphatic heterocycles. The van der Waals surface area contributed by atoms with Crippen molar-refractivity contribution in [3.05, 3.63) is 29.3 Å². The topological polar surface area (TPSA) is 50.7 Å². The summed E-state index contributed by atoms with van der Waals surface area (Å²) in [5.74, 6) is -0.357. The average molecular weight is 238 g/mol. The van der Waals surface area contributed by atoms with Crippen LogP contribution in [0, 0.1) is 5.82 Å². The maximum Gasteiger partial charge on any atom is 0.149 e. The molecule has 0 spiro atoms. The van der Waals surface area contributed by atoms with Crippen LogP contribution in [0.2, 0.25) is 0 Å². The molecule has 1 N–H and O–H groups in total. The summed E-state index contributed by atoms with van der Waals surface area (Å²) in [5, 5.41) is 12.7. The standard InChI is InChI=1S/C10H11FN4S/c1-12-3-2-9-14-15-10(16-9)7-4-8(11)6-13-5-7/h4-6,12H,2-3H2,1H3. The van der Waals surface area contributed by atoms with Gasteiger partial charge in [-0.05, 0) is 13.1 Å². The van der Waals surface area contributed by atoms with Crippen LogP contribution >= 0.6 is 11.3 Å². The molecular weight excluding hydrogens is 227 g/mol. The van der Waals surface area contributed by atoms with Gasteiger partial charge < -0.3 is 5.32 Å². The highest BCUT2D eigenvalue weighted by Gasteiger charge is 2.07. The van der Waals surface area contributed by atoms with Crippen LogP contribution in [0.25, 0.3) is 10.6 Å². The van der Waals surface area contributed by atoms with Crippen LogP contribution in [-0.2, 0) is 6.42 Å². The zero-order chi connectivity index (χ0) is 11.4.